The summed E-state index contributed by atoms with van der Waals surface area (Å²) in [7, 11) is 0. The summed E-state index contributed by atoms with van der Waals surface area (Å²) in [5, 5.41) is 18.3. The minimum absolute atomic E-state index is 0.244. The zero-order chi connectivity index (χ0) is 15.8. The SMILES string of the molecule is CCCCCCCC/C=C\C[C@H](O)CCCCCC(=O)O. The Balaban J connectivity index is 3.29. The molecule has 0 saturated carbocycles. The molecule has 0 aromatic rings. The van der Waals surface area contributed by atoms with E-state index < -0.39 is 5.97 Å². The van der Waals surface area contributed by atoms with Crippen molar-refractivity contribution in [3.05, 3.63) is 12.2 Å². The predicted molar refractivity (Wildman–Crippen MR) is 88.5 cm³/mol. The van der Waals surface area contributed by atoms with Crippen LogP contribution in [0, 0.1) is 0 Å². The first-order chi connectivity index (χ1) is 10.2. The molecule has 0 saturated heterocycles. The van der Waals surface area contributed by atoms with E-state index in [-0.39, 0.29) is 12.5 Å². The maximum Gasteiger partial charge on any atom is 0.303 e. The highest BCUT2D eigenvalue weighted by Crippen LogP contribution is 2.10. The smallest absolute Gasteiger partial charge is 0.303 e. The van der Waals surface area contributed by atoms with Crippen molar-refractivity contribution in [3.8, 4) is 0 Å². The van der Waals surface area contributed by atoms with Gasteiger partial charge in [0.2, 0.25) is 0 Å². The third kappa shape index (κ3) is 17.1. The van der Waals surface area contributed by atoms with Crippen molar-refractivity contribution in [2.75, 3.05) is 0 Å². The van der Waals surface area contributed by atoms with Gasteiger partial charge >= 0.3 is 5.97 Å². The molecule has 3 heteroatoms. The molecule has 0 amide bonds. The Morgan fingerprint density at radius 2 is 1.62 bits per heavy atom. The van der Waals surface area contributed by atoms with Crippen LogP contribution in [0.15, 0.2) is 12.2 Å². The summed E-state index contributed by atoms with van der Waals surface area (Å²) in [6.07, 6.45) is 17.4. The Hall–Kier alpha value is -0.830. The summed E-state index contributed by atoms with van der Waals surface area (Å²) in [5.41, 5.74) is 0. The fourth-order valence-corrected chi connectivity index (χ4v) is 2.36. The fourth-order valence-electron chi connectivity index (χ4n) is 2.36. The summed E-state index contributed by atoms with van der Waals surface area (Å²) < 4.78 is 0. The van der Waals surface area contributed by atoms with Gasteiger partial charge in [0.15, 0.2) is 0 Å². The zero-order valence-electron chi connectivity index (χ0n) is 13.7. The number of unbranched alkanes of at least 4 members (excludes halogenated alkanes) is 8. The molecule has 0 aromatic heterocycles. The van der Waals surface area contributed by atoms with Crippen molar-refractivity contribution in [2.24, 2.45) is 0 Å². The van der Waals surface area contributed by atoms with E-state index in [1.807, 2.05) is 0 Å². The van der Waals surface area contributed by atoms with Crippen LogP contribution in [0.3, 0.4) is 0 Å². The van der Waals surface area contributed by atoms with E-state index in [9.17, 15) is 9.90 Å². The number of rotatable bonds is 15. The number of aliphatic hydroxyl groups excluding tert-OH is 1. The van der Waals surface area contributed by atoms with Gasteiger partial charge in [0.25, 0.3) is 0 Å². The lowest BCUT2D eigenvalue weighted by Crippen LogP contribution is -2.04. The van der Waals surface area contributed by atoms with E-state index in [0.29, 0.717) is 0 Å². The minimum atomic E-state index is -0.729. The molecule has 2 N–H and O–H groups in total. The van der Waals surface area contributed by atoms with Gasteiger partial charge in [0, 0.05) is 6.42 Å². The van der Waals surface area contributed by atoms with Crippen molar-refractivity contribution in [1.82, 2.24) is 0 Å². The molecule has 21 heavy (non-hydrogen) atoms. The van der Waals surface area contributed by atoms with Crippen LogP contribution in [0.25, 0.3) is 0 Å². The van der Waals surface area contributed by atoms with Crippen molar-refractivity contribution in [1.29, 1.82) is 0 Å². The summed E-state index contributed by atoms with van der Waals surface area (Å²) in [6.45, 7) is 2.24. The van der Waals surface area contributed by atoms with Gasteiger partial charge in [-0.1, -0.05) is 64.0 Å². The molecule has 0 bridgehead atoms. The van der Waals surface area contributed by atoms with Gasteiger partial charge in [-0.15, -0.1) is 0 Å². The molecular weight excluding hydrogens is 264 g/mol. The molecule has 0 rings (SSSR count). The van der Waals surface area contributed by atoms with E-state index >= 15 is 0 Å². The van der Waals surface area contributed by atoms with E-state index in [2.05, 4.69) is 19.1 Å². The normalized spacial score (nSPS) is 12.9. The van der Waals surface area contributed by atoms with Gasteiger partial charge in [0.1, 0.15) is 0 Å². The molecule has 0 aliphatic carbocycles. The average Bonchev–Trinajstić information content (AvgIpc) is 2.45. The monoisotopic (exact) mass is 298 g/mol. The lowest BCUT2D eigenvalue weighted by Gasteiger charge is -2.07. The van der Waals surface area contributed by atoms with Crippen LogP contribution in [0.4, 0.5) is 0 Å². The molecule has 0 aromatic carbocycles. The quantitative estimate of drug-likeness (QED) is 0.327. The Kier molecular flexibility index (Phi) is 14.9. The van der Waals surface area contributed by atoms with Crippen LogP contribution >= 0.6 is 0 Å². The number of carboxylic acid groups (broad SMARTS) is 1. The maximum absolute atomic E-state index is 10.3. The van der Waals surface area contributed by atoms with E-state index in [1.54, 1.807) is 0 Å². The molecule has 124 valence electrons. The van der Waals surface area contributed by atoms with Crippen molar-refractivity contribution in [3.63, 3.8) is 0 Å². The number of aliphatic carboxylic acids is 1. The van der Waals surface area contributed by atoms with Crippen LogP contribution < -0.4 is 0 Å². The number of carboxylic acids is 1. The maximum atomic E-state index is 10.3. The average molecular weight is 298 g/mol. The first-order valence-corrected chi connectivity index (χ1v) is 8.71. The zero-order valence-corrected chi connectivity index (χ0v) is 13.7. The lowest BCUT2D eigenvalue weighted by atomic mass is 10.1. The molecule has 3 nitrogen and oxygen atoms in total. The molecule has 0 spiro atoms. The van der Waals surface area contributed by atoms with Gasteiger partial charge in [-0.05, 0) is 32.1 Å². The molecule has 0 aliphatic heterocycles. The third-order valence-electron chi connectivity index (χ3n) is 3.73. The second-order valence-corrected chi connectivity index (χ2v) is 5.91. The number of hydrogen-bond acceptors (Lipinski definition) is 2. The Bertz CT molecular complexity index is 261. The first kappa shape index (κ1) is 20.2. The van der Waals surface area contributed by atoms with Gasteiger partial charge in [0.05, 0.1) is 6.10 Å². The van der Waals surface area contributed by atoms with Crippen molar-refractivity contribution in [2.45, 2.75) is 96.5 Å². The molecular formula is C18H34O3. The van der Waals surface area contributed by atoms with Crippen LogP contribution in [-0.4, -0.2) is 22.3 Å². The highest BCUT2D eigenvalue weighted by molar-refractivity contribution is 5.66. The van der Waals surface area contributed by atoms with Crippen molar-refractivity contribution >= 4 is 5.97 Å². The van der Waals surface area contributed by atoms with Gasteiger partial charge < -0.3 is 10.2 Å². The topological polar surface area (TPSA) is 57.5 Å². The molecule has 1 atom stereocenters. The van der Waals surface area contributed by atoms with E-state index in [0.717, 1.165) is 38.5 Å². The number of hydrogen-bond donors (Lipinski definition) is 2. The second-order valence-electron chi connectivity index (χ2n) is 5.91. The lowest BCUT2D eigenvalue weighted by molar-refractivity contribution is -0.137. The van der Waals surface area contributed by atoms with Crippen LogP contribution in [0.5, 0.6) is 0 Å². The Labute approximate surface area is 130 Å². The van der Waals surface area contributed by atoms with Crippen LogP contribution in [0.2, 0.25) is 0 Å². The minimum Gasteiger partial charge on any atom is -0.481 e. The predicted octanol–water partition coefficient (Wildman–Crippen LogP) is 5.08. The van der Waals surface area contributed by atoms with Crippen LogP contribution in [-0.2, 0) is 4.79 Å². The molecule has 0 aliphatic rings. The summed E-state index contributed by atoms with van der Waals surface area (Å²) in [6, 6.07) is 0. The Morgan fingerprint density at radius 3 is 2.33 bits per heavy atom. The third-order valence-corrected chi connectivity index (χ3v) is 3.73. The Morgan fingerprint density at radius 1 is 0.952 bits per heavy atom. The number of carbonyl (C=O) groups is 1. The van der Waals surface area contributed by atoms with Crippen LogP contribution in [0.1, 0.15) is 90.4 Å². The number of aliphatic hydroxyl groups is 1. The fraction of sp³-hybridized carbons (Fsp3) is 0.833. The van der Waals surface area contributed by atoms with E-state index in [4.69, 9.17) is 5.11 Å². The first-order valence-electron chi connectivity index (χ1n) is 8.71. The van der Waals surface area contributed by atoms with Gasteiger partial charge in [-0.25, -0.2) is 0 Å². The largest absolute Gasteiger partial charge is 0.481 e. The standard InChI is InChI=1S/C18H34O3/c1-2-3-4-5-6-7-8-9-11-14-17(19)15-12-10-13-16-18(20)21/h9,11,17,19H,2-8,10,12-16H2,1H3,(H,20,21)/b11-9-/t17-/m0/s1. The number of allylic oxidation sites excluding steroid dienone is 1. The second kappa shape index (κ2) is 15.6. The summed E-state index contributed by atoms with van der Waals surface area (Å²) >= 11 is 0. The molecule has 0 unspecified atom stereocenters. The summed E-state index contributed by atoms with van der Waals surface area (Å²) in [4.78, 5) is 10.3. The molecule has 0 radical (unpaired) electrons. The van der Waals surface area contributed by atoms with Gasteiger partial charge in [-0.2, -0.15) is 0 Å². The highest BCUT2D eigenvalue weighted by Gasteiger charge is 2.02. The molecule has 0 heterocycles. The van der Waals surface area contributed by atoms with Crippen molar-refractivity contribution < 1.29 is 15.0 Å². The van der Waals surface area contributed by atoms with Gasteiger partial charge in [-0.3, -0.25) is 4.79 Å². The molecule has 0 fully saturated rings. The highest BCUT2D eigenvalue weighted by atomic mass is 16.4. The van der Waals surface area contributed by atoms with E-state index in [1.165, 1.54) is 38.5 Å². The summed E-state index contributed by atoms with van der Waals surface area (Å²) in [5.74, 6) is -0.729.